The molecule has 2 aromatic rings. The van der Waals surface area contributed by atoms with Gasteiger partial charge in [-0.1, -0.05) is 18.3 Å². The molecule has 1 aromatic heterocycles. The predicted molar refractivity (Wildman–Crippen MR) is 92.8 cm³/mol. The first-order valence-electron chi connectivity index (χ1n) is 8.13. The van der Waals surface area contributed by atoms with Crippen LogP contribution in [0.4, 0.5) is 5.69 Å². The molecular formula is C18H22N5ORb. The molecular weight excluding hydrogens is 388 g/mol. The van der Waals surface area contributed by atoms with Crippen LogP contribution in [-0.2, 0) is 6.54 Å². The predicted octanol–water partition coefficient (Wildman–Crippen LogP) is -1.41. The van der Waals surface area contributed by atoms with Crippen molar-refractivity contribution in [3.63, 3.8) is 0 Å². The molecule has 1 aliphatic rings. The third kappa shape index (κ3) is 6.30. The van der Waals surface area contributed by atoms with Crippen molar-refractivity contribution in [2.24, 2.45) is 0 Å². The molecule has 2 heterocycles. The van der Waals surface area contributed by atoms with E-state index in [2.05, 4.69) is 38.3 Å². The number of carbonyl (C=O) groups is 1. The molecule has 126 valence electrons. The molecule has 1 aromatic carbocycles. The number of likely N-dealkylation sites (N-methyl/N-ethyl adjacent to an activating group) is 1. The molecule has 25 heavy (non-hydrogen) atoms. The van der Waals surface area contributed by atoms with Crippen LogP contribution in [0.3, 0.4) is 0 Å². The number of hydrogen-bond acceptors (Lipinski definition) is 5. The van der Waals surface area contributed by atoms with Crippen molar-refractivity contribution in [1.29, 1.82) is 0 Å². The van der Waals surface area contributed by atoms with Gasteiger partial charge in [0.1, 0.15) is 0 Å². The van der Waals surface area contributed by atoms with Gasteiger partial charge < -0.3 is 25.1 Å². The van der Waals surface area contributed by atoms with Gasteiger partial charge in [0, 0.05) is 49.9 Å². The zero-order chi connectivity index (χ0) is 16.9. The van der Waals surface area contributed by atoms with E-state index in [0.717, 1.165) is 37.4 Å². The molecule has 3 rings (SSSR count). The van der Waals surface area contributed by atoms with E-state index in [4.69, 9.17) is 0 Å². The molecule has 1 amide bonds. The Hall–Kier alpha value is -0.505. The maximum Gasteiger partial charge on any atom is 1.00 e. The van der Waals surface area contributed by atoms with Crippen LogP contribution < -0.4 is 63.5 Å². The maximum absolute atomic E-state index is 12.4. The number of anilines is 1. The number of aromatic nitrogens is 2. The van der Waals surface area contributed by atoms with E-state index in [1.165, 1.54) is 6.07 Å². The number of piperazine rings is 1. The van der Waals surface area contributed by atoms with Crippen LogP contribution in [0.25, 0.3) is 0 Å². The van der Waals surface area contributed by atoms with E-state index >= 15 is 0 Å². The molecule has 0 unspecified atom stereocenters. The second-order valence-corrected chi connectivity index (χ2v) is 6.20. The van der Waals surface area contributed by atoms with Crippen molar-refractivity contribution in [3.8, 4) is 0 Å². The fourth-order valence-corrected chi connectivity index (χ4v) is 2.68. The van der Waals surface area contributed by atoms with Crippen molar-refractivity contribution >= 4 is 11.6 Å². The smallest absolute Gasteiger partial charge is 0.372 e. The normalized spacial score (nSPS) is 15.4. The number of hydrogen-bond donors (Lipinski definition) is 1. The molecule has 0 radical (unpaired) electrons. The summed E-state index contributed by atoms with van der Waals surface area (Å²) in [4.78, 5) is 25.5. The van der Waals surface area contributed by atoms with Crippen molar-refractivity contribution in [2.45, 2.75) is 13.5 Å². The minimum absolute atomic E-state index is 0. The van der Waals surface area contributed by atoms with Gasteiger partial charge >= 0.3 is 58.2 Å². The fourth-order valence-electron chi connectivity index (χ4n) is 2.68. The third-order valence-corrected chi connectivity index (χ3v) is 4.11. The monoisotopic (exact) mass is 409 g/mol. The van der Waals surface area contributed by atoms with Gasteiger partial charge in [-0.25, -0.2) is 0 Å². The average Bonchev–Trinajstić information content (AvgIpc) is 2.57. The van der Waals surface area contributed by atoms with Gasteiger partial charge in [0.05, 0.1) is 0 Å². The third-order valence-electron chi connectivity index (χ3n) is 4.11. The molecule has 0 spiro atoms. The van der Waals surface area contributed by atoms with Crippen molar-refractivity contribution in [3.05, 3.63) is 53.6 Å². The molecule has 0 saturated carbocycles. The minimum atomic E-state index is -0.237. The Kier molecular flexibility index (Phi) is 8.31. The Bertz CT molecular complexity index is 716. The van der Waals surface area contributed by atoms with Gasteiger partial charge in [0.2, 0.25) is 5.91 Å². The summed E-state index contributed by atoms with van der Waals surface area (Å²) in [6.07, 6.45) is 2.80. The van der Waals surface area contributed by atoms with Crippen LogP contribution in [0.1, 0.15) is 21.9 Å². The minimum Gasteiger partial charge on any atom is -0.372 e. The fraction of sp³-hybridized carbons (Fsp3) is 0.389. The summed E-state index contributed by atoms with van der Waals surface area (Å²) in [6.45, 7) is 6.69. The van der Waals surface area contributed by atoms with Gasteiger partial charge in [-0.2, -0.15) is 0 Å². The van der Waals surface area contributed by atoms with Crippen LogP contribution in [0.5, 0.6) is 0 Å². The Labute approximate surface area is 197 Å². The SMILES string of the molecule is Cc1cccc(NC(=O)c2c[c-]nc(CN3CCN(C)CC3)n2)c1.[Rb+]. The van der Waals surface area contributed by atoms with Gasteiger partial charge in [0.15, 0.2) is 0 Å². The molecule has 1 fully saturated rings. The summed E-state index contributed by atoms with van der Waals surface area (Å²) in [5.74, 6) is 0.398. The second-order valence-electron chi connectivity index (χ2n) is 6.20. The molecule has 6 nitrogen and oxygen atoms in total. The van der Waals surface area contributed by atoms with E-state index in [1.807, 2.05) is 31.2 Å². The van der Waals surface area contributed by atoms with E-state index in [1.54, 1.807) is 0 Å². The van der Waals surface area contributed by atoms with Crippen LogP contribution in [-0.4, -0.2) is 58.9 Å². The zero-order valence-electron chi connectivity index (χ0n) is 15.1. The summed E-state index contributed by atoms with van der Waals surface area (Å²) in [5.41, 5.74) is 2.20. The first-order valence-corrected chi connectivity index (χ1v) is 8.13. The molecule has 0 aliphatic carbocycles. The van der Waals surface area contributed by atoms with E-state index in [9.17, 15) is 4.79 Å². The number of aryl methyl sites for hydroxylation is 1. The molecule has 0 bridgehead atoms. The van der Waals surface area contributed by atoms with Crippen molar-refractivity contribution in [2.75, 3.05) is 38.5 Å². The second kappa shape index (κ2) is 9.99. The Morgan fingerprint density at radius 1 is 1.28 bits per heavy atom. The number of benzene rings is 1. The Morgan fingerprint density at radius 3 is 2.76 bits per heavy atom. The van der Waals surface area contributed by atoms with Crippen molar-refractivity contribution in [1.82, 2.24) is 19.8 Å². The van der Waals surface area contributed by atoms with Gasteiger partial charge in [0.25, 0.3) is 0 Å². The molecule has 1 N–H and O–H groups in total. The van der Waals surface area contributed by atoms with Gasteiger partial charge in [-0.3, -0.25) is 4.79 Å². The number of carbonyl (C=O) groups excluding carboxylic acids is 1. The van der Waals surface area contributed by atoms with Crippen LogP contribution in [0, 0.1) is 13.1 Å². The summed E-state index contributed by atoms with van der Waals surface area (Å²) in [6, 6.07) is 9.21. The number of rotatable bonds is 4. The molecule has 1 saturated heterocycles. The molecule has 7 heteroatoms. The Balaban J connectivity index is 0.00000225. The molecule has 1 aliphatic heterocycles. The number of amides is 1. The zero-order valence-corrected chi connectivity index (χ0v) is 20.0. The van der Waals surface area contributed by atoms with Crippen LogP contribution in [0.15, 0.2) is 30.3 Å². The van der Waals surface area contributed by atoms with Crippen molar-refractivity contribution < 1.29 is 63.0 Å². The van der Waals surface area contributed by atoms with E-state index < -0.39 is 0 Å². The maximum atomic E-state index is 12.4. The Morgan fingerprint density at radius 2 is 2.04 bits per heavy atom. The molecule has 0 atom stereocenters. The largest absolute Gasteiger partial charge is 1.00 e. The summed E-state index contributed by atoms with van der Waals surface area (Å²) in [7, 11) is 2.12. The topological polar surface area (TPSA) is 61.4 Å². The van der Waals surface area contributed by atoms with Crippen LogP contribution >= 0.6 is 0 Å². The summed E-state index contributed by atoms with van der Waals surface area (Å²) in [5, 5.41) is 2.87. The number of nitrogens with zero attached hydrogens (tertiary/aromatic N) is 4. The summed E-state index contributed by atoms with van der Waals surface area (Å²) < 4.78 is 0. The van der Waals surface area contributed by atoms with Crippen LogP contribution in [0.2, 0.25) is 0 Å². The summed E-state index contributed by atoms with van der Waals surface area (Å²) >= 11 is 0. The first-order chi connectivity index (χ1) is 11.6. The van der Waals surface area contributed by atoms with E-state index in [-0.39, 0.29) is 64.1 Å². The average molecular weight is 410 g/mol. The van der Waals surface area contributed by atoms with Gasteiger partial charge in [-0.15, -0.1) is 6.07 Å². The van der Waals surface area contributed by atoms with Gasteiger partial charge in [-0.05, 0) is 31.7 Å². The standard InChI is InChI=1S/C18H22N5O.Rb/c1-14-4-3-5-15(12-14)20-18(24)16-6-7-19-17(21-16)13-23-10-8-22(2)9-11-23;/h3-6,12H,8-11,13H2,1-2H3,(H,20,24);/q-1;+1. The quantitative estimate of drug-likeness (QED) is 0.629. The van der Waals surface area contributed by atoms with E-state index in [0.29, 0.717) is 18.1 Å². The first kappa shape index (κ1) is 20.8. The number of nitrogens with one attached hydrogen (secondary N) is 1.